The summed E-state index contributed by atoms with van der Waals surface area (Å²) in [7, 11) is 0. The van der Waals surface area contributed by atoms with Gasteiger partial charge in [-0.15, -0.1) is 11.3 Å². The number of ether oxygens (including phenoxy) is 2. The third-order valence-corrected chi connectivity index (χ3v) is 4.25. The lowest BCUT2D eigenvalue weighted by Gasteiger charge is -2.06. The maximum Gasteiger partial charge on any atom is 0.387 e. The van der Waals surface area contributed by atoms with Crippen LogP contribution in [0, 0.1) is 0 Å². The monoisotopic (exact) mass is 405 g/mol. The first kappa shape index (κ1) is 19.6. The number of thiazole rings is 1. The van der Waals surface area contributed by atoms with Gasteiger partial charge in [0.05, 0.1) is 6.61 Å². The molecule has 2 aromatic carbocycles. The van der Waals surface area contributed by atoms with Gasteiger partial charge in [-0.05, 0) is 55.5 Å². The predicted octanol–water partition coefficient (Wildman–Crippen LogP) is 5.14. The molecule has 0 saturated heterocycles. The Bertz CT molecular complexity index is 915. The first-order valence-electron chi connectivity index (χ1n) is 8.35. The highest BCUT2D eigenvalue weighted by Gasteiger charge is 2.12. The molecule has 0 spiro atoms. The van der Waals surface area contributed by atoms with Gasteiger partial charge in [0.1, 0.15) is 17.2 Å². The van der Waals surface area contributed by atoms with Crippen LogP contribution in [0.3, 0.4) is 0 Å². The topological polar surface area (TPSA) is 72.5 Å². The standard InChI is InChI=1S/C19H17F2N3O3S/c1-2-26-14-7-3-12(4-8-14)22-17(25)16-11-28-19(24-16)23-13-5-9-15(10-6-13)27-18(20)21/h3-11,18H,2H2,1H3,(H,22,25)(H,23,24). The van der Waals surface area contributed by atoms with Crippen LogP contribution in [0.5, 0.6) is 11.5 Å². The van der Waals surface area contributed by atoms with Crippen LogP contribution in [0.1, 0.15) is 17.4 Å². The molecular weight excluding hydrogens is 388 g/mol. The van der Waals surface area contributed by atoms with Crippen LogP contribution in [0.2, 0.25) is 0 Å². The number of nitrogens with one attached hydrogen (secondary N) is 2. The number of nitrogens with zero attached hydrogens (tertiary/aromatic N) is 1. The molecule has 1 aromatic heterocycles. The summed E-state index contributed by atoms with van der Waals surface area (Å²) in [5.74, 6) is 0.454. The zero-order chi connectivity index (χ0) is 19.9. The van der Waals surface area contributed by atoms with E-state index in [0.29, 0.717) is 23.1 Å². The number of hydrogen-bond donors (Lipinski definition) is 2. The van der Waals surface area contributed by atoms with Crippen LogP contribution in [0.15, 0.2) is 53.9 Å². The van der Waals surface area contributed by atoms with Gasteiger partial charge in [0, 0.05) is 16.8 Å². The maximum absolute atomic E-state index is 12.3. The second-order valence-corrected chi connectivity index (χ2v) is 6.34. The van der Waals surface area contributed by atoms with Crippen LogP contribution in [0.25, 0.3) is 0 Å². The van der Waals surface area contributed by atoms with E-state index in [-0.39, 0.29) is 17.4 Å². The number of hydrogen-bond acceptors (Lipinski definition) is 6. The van der Waals surface area contributed by atoms with Gasteiger partial charge in [-0.25, -0.2) is 4.98 Å². The molecule has 6 nitrogen and oxygen atoms in total. The molecule has 3 aromatic rings. The summed E-state index contributed by atoms with van der Waals surface area (Å²) in [6, 6.07) is 13.0. The second-order valence-electron chi connectivity index (χ2n) is 5.48. The Kier molecular flexibility index (Phi) is 6.38. The van der Waals surface area contributed by atoms with Crippen molar-refractivity contribution in [3.63, 3.8) is 0 Å². The predicted molar refractivity (Wildman–Crippen MR) is 104 cm³/mol. The summed E-state index contributed by atoms with van der Waals surface area (Å²) in [6.07, 6.45) is 0. The highest BCUT2D eigenvalue weighted by Crippen LogP contribution is 2.24. The fourth-order valence-corrected chi connectivity index (χ4v) is 2.99. The first-order valence-corrected chi connectivity index (χ1v) is 9.23. The van der Waals surface area contributed by atoms with E-state index in [2.05, 4.69) is 20.4 Å². The van der Waals surface area contributed by atoms with Crippen molar-refractivity contribution < 1.29 is 23.0 Å². The van der Waals surface area contributed by atoms with Crippen molar-refractivity contribution in [1.82, 2.24) is 4.98 Å². The minimum atomic E-state index is -2.87. The smallest absolute Gasteiger partial charge is 0.387 e. The summed E-state index contributed by atoms with van der Waals surface area (Å²) in [5.41, 5.74) is 1.53. The first-order chi connectivity index (χ1) is 13.5. The lowest BCUT2D eigenvalue weighted by molar-refractivity contribution is -0.0498. The number of carbonyl (C=O) groups is 1. The molecule has 0 fully saturated rings. The summed E-state index contributed by atoms with van der Waals surface area (Å²) in [4.78, 5) is 16.6. The van der Waals surface area contributed by atoms with E-state index in [1.54, 1.807) is 41.8 Å². The third-order valence-electron chi connectivity index (χ3n) is 3.49. The molecule has 0 radical (unpaired) electrons. The number of anilines is 3. The largest absolute Gasteiger partial charge is 0.494 e. The summed E-state index contributed by atoms with van der Waals surface area (Å²) in [6.45, 7) is -0.397. The Balaban J connectivity index is 1.59. The minimum Gasteiger partial charge on any atom is -0.494 e. The average molecular weight is 405 g/mol. The molecule has 28 heavy (non-hydrogen) atoms. The number of carbonyl (C=O) groups excluding carboxylic acids is 1. The van der Waals surface area contributed by atoms with E-state index in [0.717, 1.165) is 5.75 Å². The van der Waals surface area contributed by atoms with Gasteiger partial charge in [0.15, 0.2) is 5.13 Å². The highest BCUT2D eigenvalue weighted by atomic mass is 32.1. The molecule has 1 amide bonds. The summed E-state index contributed by atoms with van der Waals surface area (Å²) >= 11 is 1.25. The van der Waals surface area contributed by atoms with Crippen molar-refractivity contribution in [2.24, 2.45) is 0 Å². The molecule has 1 heterocycles. The van der Waals surface area contributed by atoms with Gasteiger partial charge in [0.25, 0.3) is 5.91 Å². The van der Waals surface area contributed by atoms with E-state index in [4.69, 9.17) is 4.74 Å². The van der Waals surface area contributed by atoms with Crippen molar-refractivity contribution >= 4 is 33.8 Å². The van der Waals surface area contributed by atoms with Gasteiger partial charge < -0.3 is 20.1 Å². The molecule has 0 bridgehead atoms. The van der Waals surface area contributed by atoms with E-state index < -0.39 is 6.61 Å². The zero-order valence-electron chi connectivity index (χ0n) is 14.8. The second kappa shape index (κ2) is 9.14. The van der Waals surface area contributed by atoms with Crippen LogP contribution in [-0.2, 0) is 0 Å². The zero-order valence-corrected chi connectivity index (χ0v) is 15.6. The molecule has 0 aliphatic carbocycles. The van der Waals surface area contributed by atoms with Gasteiger partial charge in [0.2, 0.25) is 0 Å². The van der Waals surface area contributed by atoms with Crippen molar-refractivity contribution in [1.29, 1.82) is 0 Å². The SMILES string of the molecule is CCOc1ccc(NC(=O)c2csc(Nc3ccc(OC(F)F)cc3)n2)cc1. The number of rotatable bonds is 8. The van der Waals surface area contributed by atoms with Gasteiger partial charge in [-0.1, -0.05) is 0 Å². The summed E-state index contributed by atoms with van der Waals surface area (Å²) in [5, 5.41) is 7.90. The maximum atomic E-state index is 12.3. The molecule has 0 aliphatic heterocycles. The Labute approximate surface area is 164 Å². The van der Waals surface area contributed by atoms with Gasteiger partial charge in [-0.2, -0.15) is 8.78 Å². The molecule has 0 atom stereocenters. The van der Waals surface area contributed by atoms with E-state index in [1.165, 1.54) is 23.5 Å². The Morgan fingerprint density at radius 1 is 1.07 bits per heavy atom. The fraction of sp³-hybridized carbons (Fsp3) is 0.158. The van der Waals surface area contributed by atoms with Crippen LogP contribution >= 0.6 is 11.3 Å². The van der Waals surface area contributed by atoms with Crippen molar-refractivity contribution in [2.45, 2.75) is 13.5 Å². The number of benzene rings is 2. The number of aromatic nitrogens is 1. The number of amides is 1. The number of halogens is 2. The van der Waals surface area contributed by atoms with Crippen LogP contribution in [-0.4, -0.2) is 24.1 Å². The fourth-order valence-electron chi connectivity index (χ4n) is 2.27. The third kappa shape index (κ3) is 5.40. The van der Waals surface area contributed by atoms with E-state index in [1.807, 2.05) is 6.92 Å². The quantitative estimate of drug-likeness (QED) is 0.543. The summed E-state index contributed by atoms with van der Waals surface area (Å²) < 4.78 is 34.0. The highest BCUT2D eigenvalue weighted by molar-refractivity contribution is 7.14. The Morgan fingerprint density at radius 2 is 1.71 bits per heavy atom. The van der Waals surface area contributed by atoms with Crippen molar-refractivity contribution in [3.05, 3.63) is 59.6 Å². The number of alkyl halides is 2. The van der Waals surface area contributed by atoms with Crippen molar-refractivity contribution in [2.75, 3.05) is 17.2 Å². The van der Waals surface area contributed by atoms with Gasteiger partial charge >= 0.3 is 6.61 Å². The van der Waals surface area contributed by atoms with Crippen molar-refractivity contribution in [3.8, 4) is 11.5 Å². The molecule has 9 heteroatoms. The van der Waals surface area contributed by atoms with E-state index >= 15 is 0 Å². The Morgan fingerprint density at radius 3 is 2.36 bits per heavy atom. The lowest BCUT2D eigenvalue weighted by Crippen LogP contribution is -2.12. The molecule has 146 valence electrons. The van der Waals surface area contributed by atoms with Gasteiger partial charge in [-0.3, -0.25) is 4.79 Å². The van der Waals surface area contributed by atoms with Crippen LogP contribution < -0.4 is 20.1 Å². The molecule has 0 unspecified atom stereocenters. The normalized spacial score (nSPS) is 10.6. The van der Waals surface area contributed by atoms with Crippen LogP contribution in [0.4, 0.5) is 25.3 Å². The lowest BCUT2D eigenvalue weighted by atomic mass is 10.3. The molecule has 3 rings (SSSR count). The molecular formula is C19H17F2N3O3S. The van der Waals surface area contributed by atoms with E-state index in [9.17, 15) is 13.6 Å². The molecule has 0 aliphatic rings. The minimum absolute atomic E-state index is 0.0649. The molecule has 2 N–H and O–H groups in total. The average Bonchev–Trinajstić information content (AvgIpc) is 3.13. The molecule has 0 saturated carbocycles. The Hall–Kier alpha value is -3.20.